The highest BCUT2D eigenvalue weighted by atomic mass is 19.4. The van der Waals surface area contributed by atoms with Crippen molar-refractivity contribution in [1.29, 1.82) is 0 Å². The third kappa shape index (κ3) is 3.34. The maximum absolute atomic E-state index is 13.0. The Morgan fingerprint density at radius 1 is 1.17 bits per heavy atom. The number of nitrogens with one attached hydrogen (secondary N) is 1. The van der Waals surface area contributed by atoms with E-state index in [1.54, 1.807) is 12.3 Å². The van der Waals surface area contributed by atoms with Gasteiger partial charge in [-0.25, -0.2) is 4.79 Å². The first-order valence-electron chi connectivity index (χ1n) is 7.61. The fourth-order valence-electron chi connectivity index (χ4n) is 2.92. The van der Waals surface area contributed by atoms with E-state index in [-0.39, 0.29) is 11.7 Å². The number of carbonyl (C=O) groups excluding carboxylic acids is 1. The lowest BCUT2D eigenvalue weighted by Gasteiger charge is -2.25. The minimum Gasteiger partial charge on any atom is -0.316 e. The van der Waals surface area contributed by atoms with E-state index < -0.39 is 17.8 Å². The van der Waals surface area contributed by atoms with Crippen LogP contribution in [0.2, 0.25) is 0 Å². The molecule has 1 N–H and O–H groups in total. The Bertz CT molecular complexity index is 719. The van der Waals surface area contributed by atoms with Gasteiger partial charge in [-0.05, 0) is 37.1 Å². The van der Waals surface area contributed by atoms with Gasteiger partial charge in [0, 0.05) is 12.7 Å². The van der Waals surface area contributed by atoms with Crippen molar-refractivity contribution in [1.82, 2.24) is 9.88 Å². The molecular weight excluding hydrogens is 319 g/mol. The highest BCUT2D eigenvalue weighted by Gasteiger charge is 2.35. The van der Waals surface area contributed by atoms with Crippen molar-refractivity contribution in [2.75, 3.05) is 11.9 Å². The lowest BCUT2D eigenvalue weighted by atomic mass is 10.1. The van der Waals surface area contributed by atoms with Crippen molar-refractivity contribution in [3.05, 3.63) is 59.9 Å². The van der Waals surface area contributed by atoms with Gasteiger partial charge < -0.3 is 10.2 Å². The van der Waals surface area contributed by atoms with Crippen molar-refractivity contribution in [3.63, 3.8) is 0 Å². The van der Waals surface area contributed by atoms with E-state index in [2.05, 4.69) is 10.3 Å². The lowest BCUT2D eigenvalue weighted by Crippen LogP contribution is -2.35. The summed E-state index contributed by atoms with van der Waals surface area (Å²) >= 11 is 0. The van der Waals surface area contributed by atoms with Crippen molar-refractivity contribution in [2.45, 2.75) is 25.1 Å². The molecule has 24 heavy (non-hydrogen) atoms. The molecule has 1 aliphatic heterocycles. The molecule has 2 aromatic rings. The molecule has 0 aliphatic carbocycles. The number of carbonyl (C=O) groups is 1. The fraction of sp³-hybridized carbons (Fsp3) is 0.294. The Hall–Kier alpha value is -2.57. The molecule has 1 aliphatic rings. The molecule has 2 heterocycles. The number of aromatic nitrogens is 1. The number of benzene rings is 1. The molecule has 126 valence electrons. The molecule has 3 rings (SSSR count). The van der Waals surface area contributed by atoms with Crippen LogP contribution in [0.4, 0.5) is 23.7 Å². The summed E-state index contributed by atoms with van der Waals surface area (Å²) < 4.78 is 39.1. The molecule has 0 radical (unpaired) electrons. The average Bonchev–Trinajstić information content (AvgIpc) is 3.05. The number of alkyl halides is 3. The Kier molecular flexibility index (Phi) is 4.42. The lowest BCUT2D eigenvalue weighted by molar-refractivity contribution is -0.136. The third-order valence-electron chi connectivity index (χ3n) is 4.02. The van der Waals surface area contributed by atoms with E-state index in [1.165, 1.54) is 23.1 Å². The summed E-state index contributed by atoms with van der Waals surface area (Å²) in [5.41, 5.74) is -0.345. The summed E-state index contributed by atoms with van der Waals surface area (Å²) in [6.07, 6.45) is -1.35. The molecule has 0 spiro atoms. The number of likely N-dealkylation sites (tertiary alicyclic amines) is 1. The molecule has 1 aromatic heterocycles. The number of amides is 2. The third-order valence-corrected chi connectivity index (χ3v) is 4.02. The first-order chi connectivity index (χ1) is 11.5. The molecular formula is C17H16F3N3O. The van der Waals surface area contributed by atoms with E-state index in [0.717, 1.165) is 24.6 Å². The number of hydrogen-bond acceptors (Lipinski definition) is 2. The average molecular weight is 335 g/mol. The van der Waals surface area contributed by atoms with Crippen molar-refractivity contribution >= 4 is 11.7 Å². The van der Waals surface area contributed by atoms with Gasteiger partial charge in [-0.2, -0.15) is 13.2 Å². The molecule has 7 heteroatoms. The molecule has 1 aromatic carbocycles. The topological polar surface area (TPSA) is 45.2 Å². The maximum atomic E-state index is 13.0. The second-order valence-corrected chi connectivity index (χ2v) is 5.58. The van der Waals surface area contributed by atoms with Crippen molar-refractivity contribution in [3.8, 4) is 0 Å². The largest absolute Gasteiger partial charge is 0.418 e. The van der Waals surface area contributed by atoms with Gasteiger partial charge in [-0.1, -0.05) is 18.2 Å². The van der Waals surface area contributed by atoms with Crippen molar-refractivity contribution in [2.24, 2.45) is 0 Å². The van der Waals surface area contributed by atoms with Crippen LogP contribution < -0.4 is 5.32 Å². The van der Waals surface area contributed by atoms with Crippen LogP contribution in [0.25, 0.3) is 0 Å². The molecule has 0 saturated carbocycles. The summed E-state index contributed by atoms with van der Waals surface area (Å²) in [6.45, 7) is 0.487. The van der Waals surface area contributed by atoms with Crippen molar-refractivity contribution < 1.29 is 18.0 Å². The minimum absolute atomic E-state index is 0.218. The second kappa shape index (κ2) is 6.51. The van der Waals surface area contributed by atoms with Gasteiger partial charge in [0.1, 0.15) is 0 Å². The van der Waals surface area contributed by atoms with Gasteiger partial charge in [-0.3, -0.25) is 4.98 Å². The fourth-order valence-corrected chi connectivity index (χ4v) is 2.92. The standard InChI is InChI=1S/C17H16F3N3O/c18-17(19,20)12-6-1-2-7-13(12)22-16(24)23-11-5-9-15(23)14-8-3-4-10-21-14/h1-4,6-8,10,15H,5,9,11H2,(H,22,24)/t15-/m1/s1. The number of nitrogens with zero attached hydrogens (tertiary/aromatic N) is 2. The second-order valence-electron chi connectivity index (χ2n) is 5.58. The molecule has 4 nitrogen and oxygen atoms in total. The van der Waals surface area contributed by atoms with E-state index in [0.29, 0.717) is 6.54 Å². The van der Waals surface area contributed by atoms with Gasteiger partial charge in [0.2, 0.25) is 0 Å². The zero-order chi connectivity index (χ0) is 17.2. The highest BCUT2D eigenvalue weighted by molar-refractivity contribution is 5.90. The van der Waals surface area contributed by atoms with Crippen LogP contribution in [0.1, 0.15) is 30.1 Å². The molecule has 1 fully saturated rings. The number of anilines is 1. The number of halogens is 3. The van der Waals surface area contributed by atoms with Crippen LogP contribution in [0, 0.1) is 0 Å². The summed E-state index contributed by atoms with van der Waals surface area (Å²) in [6, 6.07) is 9.64. The maximum Gasteiger partial charge on any atom is 0.418 e. The first-order valence-corrected chi connectivity index (χ1v) is 7.61. The smallest absolute Gasteiger partial charge is 0.316 e. The number of pyridine rings is 1. The van der Waals surface area contributed by atoms with E-state index in [4.69, 9.17) is 0 Å². The molecule has 1 saturated heterocycles. The van der Waals surface area contributed by atoms with Gasteiger partial charge in [-0.15, -0.1) is 0 Å². The Balaban J connectivity index is 1.81. The number of para-hydroxylation sites is 1. The number of urea groups is 1. The number of rotatable bonds is 2. The minimum atomic E-state index is -4.52. The Morgan fingerprint density at radius 2 is 1.92 bits per heavy atom. The van der Waals surface area contributed by atoms with Gasteiger partial charge in [0.05, 0.1) is 23.0 Å². The quantitative estimate of drug-likeness (QED) is 0.880. The SMILES string of the molecule is O=C(Nc1ccccc1C(F)(F)F)N1CCC[C@@H]1c1ccccn1. The van der Waals surface area contributed by atoms with Crippen LogP contribution in [-0.2, 0) is 6.18 Å². The predicted molar refractivity (Wildman–Crippen MR) is 83.4 cm³/mol. The van der Waals surface area contributed by atoms with Crippen LogP contribution in [-0.4, -0.2) is 22.5 Å². The summed E-state index contributed by atoms with van der Waals surface area (Å²) in [5.74, 6) is 0. The van der Waals surface area contributed by atoms with E-state index in [9.17, 15) is 18.0 Å². The molecule has 0 unspecified atom stereocenters. The zero-order valence-electron chi connectivity index (χ0n) is 12.8. The molecule has 1 atom stereocenters. The highest BCUT2D eigenvalue weighted by Crippen LogP contribution is 2.36. The predicted octanol–water partition coefficient (Wildman–Crippen LogP) is 4.47. The summed E-state index contributed by atoms with van der Waals surface area (Å²) in [5, 5.41) is 2.40. The molecule has 2 amide bonds. The van der Waals surface area contributed by atoms with Gasteiger partial charge in [0.15, 0.2) is 0 Å². The summed E-state index contributed by atoms with van der Waals surface area (Å²) in [4.78, 5) is 18.3. The van der Waals surface area contributed by atoms with Crippen LogP contribution in [0.3, 0.4) is 0 Å². The van der Waals surface area contributed by atoms with E-state index in [1.807, 2.05) is 12.1 Å². The van der Waals surface area contributed by atoms with Gasteiger partial charge >= 0.3 is 12.2 Å². The summed E-state index contributed by atoms with van der Waals surface area (Å²) in [7, 11) is 0. The van der Waals surface area contributed by atoms with Crippen LogP contribution in [0.5, 0.6) is 0 Å². The van der Waals surface area contributed by atoms with Crippen LogP contribution in [0.15, 0.2) is 48.7 Å². The normalized spacial score (nSPS) is 17.8. The number of hydrogen-bond donors (Lipinski definition) is 1. The van der Waals surface area contributed by atoms with E-state index >= 15 is 0 Å². The Labute approximate surface area is 137 Å². The Morgan fingerprint density at radius 3 is 2.62 bits per heavy atom. The molecule has 0 bridgehead atoms. The monoisotopic (exact) mass is 335 g/mol. The zero-order valence-corrected chi connectivity index (χ0v) is 12.8. The van der Waals surface area contributed by atoms with Crippen LogP contribution >= 0.6 is 0 Å². The van der Waals surface area contributed by atoms with Gasteiger partial charge in [0.25, 0.3) is 0 Å². The first kappa shape index (κ1) is 16.3.